The molecule has 0 bridgehead atoms. The lowest BCUT2D eigenvalue weighted by atomic mass is 9.99. The van der Waals surface area contributed by atoms with Gasteiger partial charge in [-0.1, -0.05) is 12.1 Å². The van der Waals surface area contributed by atoms with Gasteiger partial charge in [0, 0.05) is 67.8 Å². The van der Waals surface area contributed by atoms with Gasteiger partial charge in [-0.3, -0.25) is 4.79 Å². The van der Waals surface area contributed by atoms with Crippen molar-refractivity contribution in [3.8, 4) is 28.7 Å². The number of hydrogen-bond donors (Lipinski definition) is 1. The smallest absolute Gasteiger partial charge is 0.419 e. The number of aromatic nitrogens is 1. The molecule has 1 aliphatic rings. The number of hydrogen-bond acceptors (Lipinski definition) is 11. The van der Waals surface area contributed by atoms with Crippen LogP contribution in [0.1, 0.15) is 21.7 Å². The van der Waals surface area contributed by atoms with Crippen molar-refractivity contribution in [2.45, 2.75) is 42.4 Å². The highest BCUT2D eigenvalue weighted by atomic mass is 32.2. The third-order valence-electron chi connectivity index (χ3n) is 9.26. The molecule has 1 amide bonds. The SMILES string of the molecule is [2H]C([2H])([2H])Oc1c(N2CC(OC)(C(F)(F)F)CC2C(=O)Nc2ccnc(S(=O)(=O)N(Cc3ccc(OC)cc3OC)Cc3ccc(OC)cc3OC)c2)ccc(F)c1F. The first kappa shape index (κ1) is 37.5. The van der Waals surface area contributed by atoms with Gasteiger partial charge in [0.2, 0.25) is 11.7 Å². The van der Waals surface area contributed by atoms with Crippen LogP contribution in [0.3, 0.4) is 0 Å². The Balaban J connectivity index is 1.54. The molecule has 2 atom stereocenters. The molecule has 1 fully saturated rings. The lowest BCUT2D eigenvalue weighted by Crippen LogP contribution is -2.49. The zero-order valence-electron chi connectivity index (χ0n) is 33.6. The molecule has 0 saturated carbocycles. The fraction of sp³-hybridized carbons (Fsp3) is 0.351. The Morgan fingerprint density at radius 3 is 2.04 bits per heavy atom. The predicted molar refractivity (Wildman–Crippen MR) is 193 cm³/mol. The number of rotatable bonds is 15. The summed E-state index contributed by atoms with van der Waals surface area (Å²) in [7, 11) is -1.58. The summed E-state index contributed by atoms with van der Waals surface area (Å²) in [6.45, 7) is -1.75. The Labute approximate surface area is 324 Å². The van der Waals surface area contributed by atoms with E-state index in [0.29, 0.717) is 45.1 Å². The van der Waals surface area contributed by atoms with E-state index >= 15 is 4.39 Å². The fourth-order valence-electron chi connectivity index (χ4n) is 6.23. The third kappa shape index (κ3) is 8.24. The first-order chi connectivity index (χ1) is 27.7. The van der Waals surface area contributed by atoms with Crippen LogP contribution in [0.15, 0.2) is 71.9 Å². The van der Waals surface area contributed by atoms with Gasteiger partial charge in [-0.25, -0.2) is 17.8 Å². The summed E-state index contributed by atoms with van der Waals surface area (Å²) >= 11 is 0. The first-order valence-corrected chi connectivity index (χ1v) is 17.9. The van der Waals surface area contributed by atoms with Gasteiger partial charge in [0.15, 0.2) is 22.2 Å². The Morgan fingerprint density at radius 1 is 0.911 bits per heavy atom. The Morgan fingerprint density at radius 2 is 1.52 bits per heavy atom. The molecule has 13 nitrogen and oxygen atoms in total. The predicted octanol–water partition coefficient (Wildman–Crippen LogP) is 5.96. The number of anilines is 2. The Kier molecular flexibility index (Phi) is 11.2. The van der Waals surface area contributed by atoms with E-state index in [0.717, 1.165) is 29.7 Å². The number of carbonyl (C=O) groups excluding carboxylic acids is 1. The number of benzene rings is 3. The highest BCUT2D eigenvalue weighted by Crippen LogP contribution is 2.47. The summed E-state index contributed by atoms with van der Waals surface area (Å²) in [5.74, 6) is -4.39. The molecule has 302 valence electrons. The van der Waals surface area contributed by atoms with Crippen molar-refractivity contribution in [2.24, 2.45) is 0 Å². The van der Waals surface area contributed by atoms with Gasteiger partial charge >= 0.3 is 6.18 Å². The minimum atomic E-state index is -5.13. The number of ether oxygens (including phenoxy) is 6. The van der Waals surface area contributed by atoms with Gasteiger partial charge in [-0.05, 0) is 30.3 Å². The van der Waals surface area contributed by atoms with Crippen molar-refractivity contribution >= 4 is 27.3 Å². The second-order valence-corrected chi connectivity index (χ2v) is 14.2. The number of sulfonamides is 1. The zero-order chi connectivity index (χ0) is 43.5. The molecule has 1 aromatic heterocycles. The Bertz CT molecular complexity index is 2230. The van der Waals surface area contributed by atoms with E-state index in [2.05, 4.69) is 15.0 Å². The molecule has 1 N–H and O–H groups in total. The van der Waals surface area contributed by atoms with Crippen LogP contribution >= 0.6 is 0 Å². The van der Waals surface area contributed by atoms with E-state index in [1.807, 2.05) is 0 Å². The summed E-state index contributed by atoms with van der Waals surface area (Å²) in [6, 6.07) is 11.1. The number of amides is 1. The van der Waals surface area contributed by atoms with Crippen molar-refractivity contribution in [3.05, 3.63) is 89.6 Å². The second kappa shape index (κ2) is 16.8. The monoisotopic (exact) mass is 813 g/mol. The van der Waals surface area contributed by atoms with Crippen molar-refractivity contribution < 1.29 is 67.7 Å². The van der Waals surface area contributed by atoms with Gasteiger partial charge in [0.25, 0.3) is 10.0 Å². The molecule has 5 rings (SSSR count). The van der Waals surface area contributed by atoms with Crippen molar-refractivity contribution in [2.75, 3.05) is 59.3 Å². The molecule has 0 radical (unpaired) electrons. The normalized spacial score (nSPS) is 18.2. The highest BCUT2D eigenvalue weighted by Gasteiger charge is 2.63. The number of methoxy groups -OCH3 is 6. The van der Waals surface area contributed by atoms with Crippen LogP contribution < -0.4 is 33.9 Å². The Hall–Kier alpha value is -5.40. The minimum Gasteiger partial charge on any atom is -0.497 e. The van der Waals surface area contributed by atoms with E-state index in [1.165, 1.54) is 34.5 Å². The maximum absolute atomic E-state index is 15.1. The van der Waals surface area contributed by atoms with Gasteiger partial charge < -0.3 is 38.6 Å². The van der Waals surface area contributed by atoms with Gasteiger partial charge in [0.05, 0.1) is 51.8 Å². The first-order valence-electron chi connectivity index (χ1n) is 17.9. The topological polar surface area (TPSA) is 138 Å². The van der Waals surface area contributed by atoms with Crippen LogP contribution in [0.2, 0.25) is 0 Å². The summed E-state index contributed by atoms with van der Waals surface area (Å²) in [5, 5.41) is 1.80. The number of pyridine rings is 1. The van der Waals surface area contributed by atoms with Gasteiger partial charge in [-0.15, -0.1) is 0 Å². The number of nitrogens with one attached hydrogen (secondary N) is 1. The summed E-state index contributed by atoms with van der Waals surface area (Å²) < 4.78 is 157. The fourth-order valence-corrected chi connectivity index (χ4v) is 7.58. The molecule has 0 aliphatic carbocycles. The zero-order valence-corrected chi connectivity index (χ0v) is 31.4. The lowest BCUT2D eigenvalue weighted by molar-refractivity contribution is -0.261. The van der Waals surface area contributed by atoms with Crippen molar-refractivity contribution in [1.82, 2.24) is 9.29 Å². The summed E-state index contributed by atoms with van der Waals surface area (Å²) in [5.41, 5.74) is -3.16. The maximum atomic E-state index is 15.1. The van der Waals surface area contributed by atoms with Crippen LogP contribution in [0.25, 0.3) is 0 Å². The molecule has 2 unspecified atom stereocenters. The molecule has 0 spiro atoms. The number of halogens is 5. The second-order valence-electron chi connectivity index (χ2n) is 12.4. The minimum absolute atomic E-state index is 0.237. The number of nitrogens with zero attached hydrogens (tertiary/aromatic N) is 3. The average molecular weight is 814 g/mol. The van der Waals surface area contributed by atoms with E-state index < -0.39 is 81.9 Å². The van der Waals surface area contributed by atoms with E-state index in [4.69, 9.17) is 27.8 Å². The molecular weight excluding hydrogens is 771 g/mol. The lowest BCUT2D eigenvalue weighted by Gasteiger charge is -2.31. The molecule has 19 heteroatoms. The summed E-state index contributed by atoms with van der Waals surface area (Å²) in [4.78, 5) is 18.7. The molecular formula is C37H39F5N4O9S. The molecule has 2 heterocycles. The van der Waals surface area contributed by atoms with Crippen molar-refractivity contribution in [3.63, 3.8) is 0 Å². The molecule has 1 saturated heterocycles. The highest BCUT2D eigenvalue weighted by molar-refractivity contribution is 7.89. The van der Waals surface area contributed by atoms with E-state index in [-0.39, 0.29) is 18.8 Å². The standard InChI is InChI=1S/C37H39F5N4O9S/c1-50-25-9-7-22(30(16-25)52-3)19-45(20-23-8-10-26(51-2)17-31(23)53-4)56(48,49)32-15-24(13-14-43-32)44-35(47)29-18-36(55-6,37(40,41)42)21-46(29)28-12-11-27(38)33(39)34(28)54-5/h7-17,29H,18-21H2,1-6H3,(H,43,44,47)/i5D3. The van der Waals surface area contributed by atoms with E-state index in [1.54, 1.807) is 36.4 Å². The van der Waals surface area contributed by atoms with Gasteiger partial charge in [-0.2, -0.15) is 21.9 Å². The van der Waals surface area contributed by atoms with Crippen LogP contribution in [0.4, 0.5) is 33.3 Å². The van der Waals surface area contributed by atoms with Crippen LogP contribution in [0, 0.1) is 11.6 Å². The molecule has 1 aliphatic heterocycles. The molecule has 4 aromatic rings. The summed E-state index contributed by atoms with van der Waals surface area (Å²) in [6.07, 6.45) is -5.19. The van der Waals surface area contributed by atoms with E-state index in [9.17, 15) is 30.8 Å². The van der Waals surface area contributed by atoms with Crippen molar-refractivity contribution in [1.29, 1.82) is 0 Å². The number of alkyl halides is 3. The largest absolute Gasteiger partial charge is 0.497 e. The van der Waals surface area contributed by atoms with Crippen LogP contribution in [-0.4, -0.2) is 90.6 Å². The maximum Gasteiger partial charge on any atom is 0.419 e. The number of carbonyl (C=O) groups is 1. The van der Waals surface area contributed by atoms with Crippen LogP contribution in [0.5, 0.6) is 28.7 Å². The van der Waals surface area contributed by atoms with Gasteiger partial charge in [0.1, 0.15) is 29.0 Å². The quantitative estimate of drug-likeness (QED) is 0.143. The third-order valence-corrected chi connectivity index (χ3v) is 11.0. The molecule has 3 aromatic carbocycles. The average Bonchev–Trinajstić information content (AvgIpc) is 3.61. The molecule has 56 heavy (non-hydrogen) atoms. The van der Waals surface area contributed by atoms with Crippen LogP contribution in [-0.2, 0) is 32.6 Å².